The number of likely N-dealkylation sites (N-methyl/N-ethyl adjacent to an activating group) is 1. The number of nitrogens with one attached hydrogen (secondary N) is 1. The van der Waals surface area contributed by atoms with Crippen molar-refractivity contribution in [2.24, 2.45) is 11.7 Å². The van der Waals surface area contributed by atoms with Crippen LogP contribution in [0.25, 0.3) is 0 Å². The number of ether oxygens (including phenoxy) is 1. The summed E-state index contributed by atoms with van der Waals surface area (Å²) in [4.78, 5) is 24.9. The molecule has 0 aromatic heterocycles. The summed E-state index contributed by atoms with van der Waals surface area (Å²) in [6.45, 7) is 5.11. The first-order valence-electron chi connectivity index (χ1n) is 6.70. The van der Waals surface area contributed by atoms with Gasteiger partial charge in [0.25, 0.3) is 0 Å². The van der Waals surface area contributed by atoms with Crippen LogP contribution in [0, 0.1) is 5.92 Å². The number of methoxy groups -OCH3 is 1. The van der Waals surface area contributed by atoms with Gasteiger partial charge >= 0.3 is 0 Å². The summed E-state index contributed by atoms with van der Waals surface area (Å²) >= 11 is 0. The SMILES string of the molecule is CCC(C)[C@H](N)C(=O)N(C)CC(=O)NCCCOC. The summed E-state index contributed by atoms with van der Waals surface area (Å²) in [7, 11) is 3.21. The molecular formula is C13H27N3O3. The second-order valence-electron chi connectivity index (χ2n) is 4.80. The van der Waals surface area contributed by atoms with E-state index in [4.69, 9.17) is 10.5 Å². The summed E-state index contributed by atoms with van der Waals surface area (Å²) in [5.74, 6) is -0.260. The van der Waals surface area contributed by atoms with E-state index in [1.807, 2.05) is 13.8 Å². The van der Waals surface area contributed by atoms with Gasteiger partial charge < -0.3 is 20.7 Å². The van der Waals surface area contributed by atoms with Crippen molar-refractivity contribution in [1.82, 2.24) is 10.2 Å². The molecule has 0 heterocycles. The lowest BCUT2D eigenvalue weighted by molar-refractivity contribution is -0.136. The highest BCUT2D eigenvalue weighted by Crippen LogP contribution is 2.07. The van der Waals surface area contributed by atoms with Crippen LogP contribution in [-0.2, 0) is 14.3 Å². The maximum atomic E-state index is 12.0. The van der Waals surface area contributed by atoms with Gasteiger partial charge in [-0.3, -0.25) is 9.59 Å². The minimum atomic E-state index is -0.545. The van der Waals surface area contributed by atoms with Crippen molar-refractivity contribution in [3.8, 4) is 0 Å². The number of nitrogens with two attached hydrogens (primary N) is 1. The van der Waals surface area contributed by atoms with Crippen LogP contribution in [0.4, 0.5) is 0 Å². The first-order valence-corrected chi connectivity index (χ1v) is 6.70. The fraction of sp³-hybridized carbons (Fsp3) is 0.846. The van der Waals surface area contributed by atoms with Gasteiger partial charge in [-0.1, -0.05) is 20.3 Å². The highest BCUT2D eigenvalue weighted by molar-refractivity contribution is 5.87. The van der Waals surface area contributed by atoms with Gasteiger partial charge in [-0.05, 0) is 12.3 Å². The largest absolute Gasteiger partial charge is 0.385 e. The van der Waals surface area contributed by atoms with E-state index in [0.29, 0.717) is 13.2 Å². The monoisotopic (exact) mass is 273 g/mol. The van der Waals surface area contributed by atoms with Crippen LogP contribution >= 0.6 is 0 Å². The maximum Gasteiger partial charge on any atom is 0.239 e. The maximum absolute atomic E-state index is 12.0. The fourth-order valence-electron chi connectivity index (χ4n) is 1.55. The molecule has 6 nitrogen and oxygen atoms in total. The van der Waals surface area contributed by atoms with Gasteiger partial charge in [0.15, 0.2) is 0 Å². The summed E-state index contributed by atoms with van der Waals surface area (Å²) in [6, 6.07) is -0.545. The zero-order chi connectivity index (χ0) is 14.8. The minimum absolute atomic E-state index is 0.0376. The molecule has 0 radical (unpaired) electrons. The van der Waals surface area contributed by atoms with Gasteiger partial charge in [-0.15, -0.1) is 0 Å². The first kappa shape index (κ1) is 17.9. The van der Waals surface area contributed by atoms with Gasteiger partial charge in [0.05, 0.1) is 12.6 Å². The Bertz CT molecular complexity index is 284. The zero-order valence-electron chi connectivity index (χ0n) is 12.4. The Labute approximate surface area is 115 Å². The van der Waals surface area contributed by atoms with E-state index in [-0.39, 0.29) is 24.3 Å². The molecule has 0 aliphatic rings. The number of rotatable bonds is 9. The third-order valence-electron chi connectivity index (χ3n) is 3.15. The molecule has 0 aliphatic heterocycles. The topological polar surface area (TPSA) is 84.7 Å². The van der Waals surface area contributed by atoms with Crippen molar-refractivity contribution in [2.75, 3.05) is 33.9 Å². The number of amides is 2. The van der Waals surface area contributed by atoms with Crippen molar-refractivity contribution >= 4 is 11.8 Å². The van der Waals surface area contributed by atoms with Crippen LogP contribution in [-0.4, -0.2) is 56.6 Å². The van der Waals surface area contributed by atoms with E-state index in [1.54, 1.807) is 14.2 Å². The molecule has 0 fully saturated rings. The fourth-order valence-corrected chi connectivity index (χ4v) is 1.55. The molecule has 0 bridgehead atoms. The van der Waals surface area contributed by atoms with Crippen molar-refractivity contribution in [3.05, 3.63) is 0 Å². The van der Waals surface area contributed by atoms with Crippen molar-refractivity contribution in [1.29, 1.82) is 0 Å². The number of carbonyl (C=O) groups excluding carboxylic acids is 2. The molecule has 0 aliphatic carbocycles. The van der Waals surface area contributed by atoms with Crippen LogP contribution < -0.4 is 11.1 Å². The van der Waals surface area contributed by atoms with Gasteiger partial charge in [0, 0.05) is 27.3 Å². The van der Waals surface area contributed by atoms with Crippen molar-refractivity contribution < 1.29 is 14.3 Å². The second-order valence-corrected chi connectivity index (χ2v) is 4.80. The average Bonchev–Trinajstić information content (AvgIpc) is 2.40. The number of hydrogen-bond acceptors (Lipinski definition) is 4. The van der Waals surface area contributed by atoms with Gasteiger partial charge in [-0.25, -0.2) is 0 Å². The normalized spacial score (nSPS) is 13.7. The minimum Gasteiger partial charge on any atom is -0.385 e. The van der Waals surface area contributed by atoms with Gasteiger partial charge in [0.1, 0.15) is 0 Å². The molecule has 2 atom stereocenters. The first-order chi connectivity index (χ1) is 8.93. The lowest BCUT2D eigenvalue weighted by Crippen LogP contribution is -2.48. The van der Waals surface area contributed by atoms with Gasteiger partial charge in [-0.2, -0.15) is 0 Å². The molecule has 0 spiro atoms. The highest BCUT2D eigenvalue weighted by atomic mass is 16.5. The summed E-state index contributed by atoms with van der Waals surface area (Å²) in [5.41, 5.74) is 5.85. The van der Waals surface area contributed by atoms with E-state index < -0.39 is 6.04 Å². The molecule has 1 unspecified atom stereocenters. The molecule has 0 aromatic rings. The van der Waals surface area contributed by atoms with Crippen LogP contribution in [0.1, 0.15) is 26.7 Å². The Morgan fingerprint density at radius 3 is 2.58 bits per heavy atom. The predicted molar refractivity (Wildman–Crippen MR) is 74.6 cm³/mol. The highest BCUT2D eigenvalue weighted by Gasteiger charge is 2.23. The van der Waals surface area contributed by atoms with Crippen LogP contribution in [0.3, 0.4) is 0 Å². The Morgan fingerprint density at radius 1 is 1.42 bits per heavy atom. The summed E-state index contributed by atoms with van der Waals surface area (Å²) < 4.78 is 4.88. The molecule has 6 heteroatoms. The smallest absolute Gasteiger partial charge is 0.239 e. The Kier molecular flexibility index (Phi) is 9.16. The standard InChI is InChI=1S/C13H27N3O3/c1-5-10(2)12(14)13(18)16(3)9-11(17)15-7-6-8-19-4/h10,12H,5-9,14H2,1-4H3,(H,15,17)/t10?,12-/m0/s1. The van der Waals surface area contributed by atoms with E-state index in [9.17, 15) is 9.59 Å². The third-order valence-corrected chi connectivity index (χ3v) is 3.15. The van der Waals surface area contributed by atoms with Crippen molar-refractivity contribution in [3.63, 3.8) is 0 Å². The van der Waals surface area contributed by atoms with Crippen LogP contribution in [0.5, 0.6) is 0 Å². The molecule has 19 heavy (non-hydrogen) atoms. The number of carbonyl (C=O) groups is 2. The Morgan fingerprint density at radius 2 is 2.05 bits per heavy atom. The van der Waals surface area contributed by atoms with E-state index in [2.05, 4.69) is 5.32 Å². The molecule has 0 rings (SSSR count). The second kappa shape index (κ2) is 9.75. The molecule has 3 N–H and O–H groups in total. The molecule has 2 amide bonds. The van der Waals surface area contributed by atoms with Gasteiger partial charge in [0.2, 0.25) is 11.8 Å². The lowest BCUT2D eigenvalue weighted by Gasteiger charge is -2.24. The third kappa shape index (κ3) is 7.12. The quantitative estimate of drug-likeness (QED) is 0.578. The van der Waals surface area contributed by atoms with Crippen LogP contribution in [0.2, 0.25) is 0 Å². The predicted octanol–water partition coefficient (Wildman–Crippen LogP) is -0.0291. The molecule has 0 aromatic carbocycles. The lowest BCUT2D eigenvalue weighted by atomic mass is 9.99. The Balaban J connectivity index is 4.04. The van der Waals surface area contributed by atoms with E-state index >= 15 is 0 Å². The van der Waals surface area contributed by atoms with E-state index in [0.717, 1.165) is 12.8 Å². The van der Waals surface area contributed by atoms with Crippen LogP contribution in [0.15, 0.2) is 0 Å². The Hall–Kier alpha value is -1.14. The number of hydrogen-bond donors (Lipinski definition) is 2. The summed E-state index contributed by atoms with van der Waals surface area (Å²) in [6.07, 6.45) is 1.59. The number of nitrogens with zero attached hydrogens (tertiary/aromatic N) is 1. The molecular weight excluding hydrogens is 246 g/mol. The average molecular weight is 273 g/mol. The zero-order valence-corrected chi connectivity index (χ0v) is 12.4. The molecule has 0 saturated carbocycles. The van der Waals surface area contributed by atoms with Crippen molar-refractivity contribution in [2.45, 2.75) is 32.7 Å². The summed E-state index contributed by atoms with van der Waals surface area (Å²) in [5, 5.41) is 2.73. The molecule has 112 valence electrons. The van der Waals surface area contributed by atoms with E-state index in [1.165, 1.54) is 4.90 Å². The molecule has 0 saturated heterocycles.